The van der Waals surface area contributed by atoms with E-state index in [1.165, 1.54) is 0 Å². The van der Waals surface area contributed by atoms with E-state index in [4.69, 9.17) is 19.6 Å². The van der Waals surface area contributed by atoms with Gasteiger partial charge in [-0.2, -0.15) is 0 Å². The molecule has 30 heavy (non-hydrogen) atoms. The van der Waals surface area contributed by atoms with Crippen molar-refractivity contribution < 1.29 is 19.0 Å². The minimum atomic E-state index is -0.267. The van der Waals surface area contributed by atoms with Crippen LogP contribution in [0.2, 0.25) is 0 Å². The zero-order valence-electron chi connectivity index (χ0n) is 16.8. The maximum absolute atomic E-state index is 11.8. The van der Waals surface area contributed by atoms with Gasteiger partial charge < -0.3 is 19.5 Å². The largest absolute Gasteiger partial charge is 0.490 e. The van der Waals surface area contributed by atoms with Crippen molar-refractivity contribution in [2.75, 3.05) is 19.8 Å². The highest BCUT2D eigenvalue weighted by Crippen LogP contribution is 2.31. The van der Waals surface area contributed by atoms with E-state index in [1.54, 1.807) is 6.08 Å². The molecule has 6 nitrogen and oxygen atoms in total. The van der Waals surface area contributed by atoms with Crippen LogP contribution < -0.4 is 19.5 Å². The molecule has 0 spiro atoms. The maximum Gasteiger partial charge on any atom is 0.264 e. The molecule has 0 radical (unpaired) electrons. The molecule has 1 fully saturated rings. The summed E-state index contributed by atoms with van der Waals surface area (Å²) >= 11 is 1.10. The van der Waals surface area contributed by atoms with Gasteiger partial charge in [-0.25, -0.2) is 0 Å². The Labute approximate surface area is 180 Å². The summed E-state index contributed by atoms with van der Waals surface area (Å²) in [5.41, 5.74) is 1.88. The molecule has 1 aliphatic heterocycles. The second-order valence-electron chi connectivity index (χ2n) is 6.33. The number of nitrogens with one attached hydrogen (secondary N) is 2. The Morgan fingerprint density at radius 3 is 2.53 bits per heavy atom. The Morgan fingerprint density at radius 1 is 1.07 bits per heavy atom. The van der Waals surface area contributed by atoms with Gasteiger partial charge in [0.05, 0.1) is 11.5 Å². The summed E-state index contributed by atoms with van der Waals surface area (Å²) in [5.74, 6) is 1.76. The molecule has 1 aliphatic rings. The predicted molar refractivity (Wildman–Crippen MR) is 120 cm³/mol. The SMILES string of the molecule is C=CCc1ccccc1OCCOc1ccc(C=C2SC(=N)NC2=O)cc1OCC. The van der Waals surface area contributed by atoms with E-state index in [0.717, 1.165) is 35.1 Å². The predicted octanol–water partition coefficient (Wildman–Crippen LogP) is 4.41. The molecule has 1 saturated heterocycles. The second kappa shape index (κ2) is 10.5. The van der Waals surface area contributed by atoms with Crippen LogP contribution in [-0.2, 0) is 11.2 Å². The fraction of sp³-hybridized carbons (Fsp3) is 0.217. The van der Waals surface area contributed by atoms with E-state index in [9.17, 15) is 4.79 Å². The molecular weight excluding hydrogens is 400 g/mol. The summed E-state index contributed by atoms with van der Waals surface area (Å²) in [6, 6.07) is 13.3. The van der Waals surface area contributed by atoms with Crippen molar-refractivity contribution in [3.05, 3.63) is 71.2 Å². The summed E-state index contributed by atoms with van der Waals surface area (Å²) in [6.45, 7) is 6.91. The van der Waals surface area contributed by atoms with E-state index in [2.05, 4.69) is 11.9 Å². The molecule has 0 bridgehead atoms. The van der Waals surface area contributed by atoms with Crippen molar-refractivity contribution in [3.63, 3.8) is 0 Å². The Kier molecular flexibility index (Phi) is 7.57. The molecule has 7 heteroatoms. The highest BCUT2D eigenvalue weighted by Gasteiger charge is 2.22. The fourth-order valence-corrected chi connectivity index (χ4v) is 3.57. The van der Waals surface area contributed by atoms with Gasteiger partial charge in [0.15, 0.2) is 16.7 Å². The fourth-order valence-electron chi connectivity index (χ4n) is 2.87. The summed E-state index contributed by atoms with van der Waals surface area (Å²) in [7, 11) is 0. The highest BCUT2D eigenvalue weighted by molar-refractivity contribution is 8.18. The van der Waals surface area contributed by atoms with Gasteiger partial charge in [0, 0.05) is 0 Å². The molecule has 2 aromatic carbocycles. The van der Waals surface area contributed by atoms with Crippen molar-refractivity contribution in [1.82, 2.24) is 5.32 Å². The number of para-hydroxylation sites is 1. The van der Waals surface area contributed by atoms with Crippen molar-refractivity contribution in [3.8, 4) is 17.2 Å². The lowest BCUT2D eigenvalue weighted by Gasteiger charge is -2.14. The van der Waals surface area contributed by atoms with Crippen LogP contribution >= 0.6 is 11.8 Å². The number of thioether (sulfide) groups is 1. The Balaban J connectivity index is 1.63. The number of amidine groups is 1. The monoisotopic (exact) mass is 424 g/mol. The van der Waals surface area contributed by atoms with Crippen LogP contribution in [0, 0.1) is 5.41 Å². The zero-order valence-corrected chi connectivity index (χ0v) is 17.6. The number of hydrogen-bond donors (Lipinski definition) is 2. The molecule has 156 valence electrons. The van der Waals surface area contributed by atoms with E-state index in [1.807, 2.05) is 55.5 Å². The molecule has 3 rings (SSSR count). The second-order valence-corrected chi connectivity index (χ2v) is 7.38. The average molecular weight is 425 g/mol. The van der Waals surface area contributed by atoms with E-state index in [-0.39, 0.29) is 11.1 Å². The quantitative estimate of drug-likeness (QED) is 0.335. The van der Waals surface area contributed by atoms with Crippen molar-refractivity contribution >= 4 is 28.9 Å². The van der Waals surface area contributed by atoms with Crippen LogP contribution in [0.15, 0.2) is 60.0 Å². The molecule has 0 aliphatic carbocycles. The highest BCUT2D eigenvalue weighted by atomic mass is 32.2. The first kappa shape index (κ1) is 21.5. The minimum absolute atomic E-state index is 0.130. The van der Waals surface area contributed by atoms with E-state index < -0.39 is 0 Å². The molecular formula is C23H24N2O4S. The van der Waals surface area contributed by atoms with Gasteiger partial charge in [0.2, 0.25) is 0 Å². The third kappa shape index (κ3) is 5.67. The standard InChI is InChI=1S/C23H24N2O4S/c1-3-7-17-8-5-6-9-18(17)28-12-13-29-19-11-10-16(14-20(19)27-4-2)15-21-22(26)25-23(24)30-21/h3,5-6,8-11,14-15H,1,4,7,12-13H2,2H3,(H2,24,25,26). The van der Waals surface area contributed by atoms with Crippen molar-refractivity contribution in [2.45, 2.75) is 13.3 Å². The average Bonchev–Trinajstić information content (AvgIpc) is 3.05. The van der Waals surface area contributed by atoms with Gasteiger partial charge in [-0.3, -0.25) is 10.2 Å². The number of carbonyl (C=O) groups excluding carboxylic acids is 1. The van der Waals surface area contributed by atoms with Crippen LogP contribution in [-0.4, -0.2) is 30.9 Å². The maximum atomic E-state index is 11.8. The number of amides is 1. The number of hydrogen-bond acceptors (Lipinski definition) is 6. The Bertz CT molecular complexity index is 971. The zero-order chi connectivity index (χ0) is 21.3. The summed E-state index contributed by atoms with van der Waals surface area (Å²) in [6.07, 6.45) is 4.33. The van der Waals surface area contributed by atoms with Crippen LogP contribution in [0.1, 0.15) is 18.1 Å². The first-order valence-corrected chi connectivity index (χ1v) is 10.4. The van der Waals surface area contributed by atoms with Crippen LogP contribution in [0.25, 0.3) is 6.08 Å². The van der Waals surface area contributed by atoms with Gasteiger partial charge in [-0.1, -0.05) is 30.3 Å². The van der Waals surface area contributed by atoms with Crippen LogP contribution in [0.3, 0.4) is 0 Å². The van der Waals surface area contributed by atoms with E-state index >= 15 is 0 Å². The van der Waals surface area contributed by atoms with Gasteiger partial charge in [0.1, 0.15) is 19.0 Å². The van der Waals surface area contributed by atoms with Crippen molar-refractivity contribution in [1.29, 1.82) is 5.41 Å². The third-order valence-corrected chi connectivity index (χ3v) is 4.99. The van der Waals surface area contributed by atoms with Crippen LogP contribution in [0.5, 0.6) is 17.2 Å². The Hall–Kier alpha value is -3.19. The first-order chi connectivity index (χ1) is 14.6. The third-order valence-electron chi connectivity index (χ3n) is 4.16. The normalized spacial score (nSPS) is 14.5. The number of rotatable bonds is 10. The molecule has 0 saturated carbocycles. The lowest BCUT2D eigenvalue weighted by atomic mass is 10.1. The number of carbonyl (C=O) groups is 1. The molecule has 2 N–H and O–H groups in total. The van der Waals surface area contributed by atoms with Gasteiger partial charge >= 0.3 is 0 Å². The van der Waals surface area contributed by atoms with Gasteiger partial charge in [-0.05, 0) is 60.5 Å². The number of allylic oxidation sites excluding steroid dienone is 1. The molecule has 0 aromatic heterocycles. The minimum Gasteiger partial charge on any atom is -0.490 e. The number of benzene rings is 2. The lowest BCUT2D eigenvalue weighted by Crippen LogP contribution is -2.18. The lowest BCUT2D eigenvalue weighted by molar-refractivity contribution is -0.115. The molecule has 0 unspecified atom stereocenters. The summed E-state index contributed by atoms with van der Waals surface area (Å²) in [5, 5.41) is 10.1. The van der Waals surface area contributed by atoms with Gasteiger partial charge in [0.25, 0.3) is 5.91 Å². The van der Waals surface area contributed by atoms with Crippen LogP contribution in [0.4, 0.5) is 0 Å². The van der Waals surface area contributed by atoms with E-state index in [0.29, 0.717) is 36.2 Å². The molecule has 2 aromatic rings. The summed E-state index contributed by atoms with van der Waals surface area (Å²) < 4.78 is 17.4. The Morgan fingerprint density at radius 2 is 1.83 bits per heavy atom. The number of ether oxygens (including phenoxy) is 3. The van der Waals surface area contributed by atoms with Gasteiger partial charge in [-0.15, -0.1) is 6.58 Å². The summed E-state index contributed by atoms with van der Waals surface area (Å²) in [4.78, 5) is 12.3. The first-order valence-electron chi connectivity index (χ1n) is 9.61. The topological polar surface area (TPSA) is 80.6 Å². The molecule has 0 atom stereocenters. The molecule has 1 heterocycles. The smallest absolute Gasteiger partial charge is 0.264 e. The molecule has 1 amide bonds. The van der Waals surface area contributed by atoms with Crippen molar-refractivity contribution in [2.24, 2.45) is 0 Å².